The molecule has 2 atom stereocenters. The molecular weight excluding hydrogens is 177 g/mol. The van der Waals surface area contributed by atoms with Crippen LogP contribution in [0.25, 0.3) is 0 Å². The molecule has 12 heavy (non-hydrogen) atoms. The summed E-state index contributed by atoms with van der Waals surface area (Å²) in [6, 6.07) is 0. The zero-order valence-electron chi connectivity index (χ0n) is 6.39. The number of hydrogen-bond donors (Lipinski definition) is 1. The molecule has 0 heterocycles. The Balaban J connectivity index is 4.17. The highest BCUT2D eigenvalue weighted by molar-refractivity contribution is 5.75. The maximum atomic E-state index is 12.4. The van der Waals surface area contributed by atoms with Crippen LogP contribution >= 0.6 is 0 Å². The molecule has 0 aromatic rings. The molecule has 6 heteroatoms. The van der Waals surface area contributed by atoms with Crippen LogP contribution in [-0.4, -0.2) is 36.4 Å². The van der Waals surface area contributed by atoms with E-state index in [0.29, 0.717) is 0 Å². The SMILES string of the molecule is CCOC(=O)C(F)C(O)(F)CF. The second-order valence-electron chi connectivity index (χ2n) is 2.07. The van der Waals surface area contributed by atoms with E-state index in [-0.39, 0.29) is 6.61 Å². The molecule has 0 saturated carbocycles. The van der Waals surface area contributed by atoms with Crippen LogP contribution in [0.1, 0.15) is 6.92 Å². The summed E-state index contributed by atoms with van der Waals surface area (Å²) in [6.07, 6.45) is -3.00. The lowest BCUT2D eigenvalue weighted by molar-refractivity contribution is -0.186. The lowest BCUT2D eigenvalue weighted by Crippen LogP contribution is -2.43. The van der Waals surface area contributed by atoms with Gasteiger partial charge in [0.2, 0.25) is 0 Å². The Kier molecular flexibility index (Phi) is 4.02. The van der Waals surface area contributed by atoms with E-state index in [0.717, 1.165) is 0 Å². The number of rotatable bonds is 4. The minimum atomic E-state index is -3.79. The maximum Gasteiger partial charge on any atom is 0.346 e. The largest absolute Gasteiger partial charge is 0.464 e. The smallest absolute Gasteiger partial charge is 0.346 e. The molecule has 0 rings (SSSR count). The van der Waals surface area contributed by atoms with Gasteiger partial charge in [0, 0.05) is 0 Å². The Hall–Kier alpha value is -0.780. The van der Waals surface area contributed by atoms with E-state index >= 15 is 0 Å². The van der Waals surface area contributed by atoms with Gasteiger partial charge in [-0.15, -0.1) is 0 Å². The lowest BCUT2D eigenvalue weighted by Gasteiger charge is -2.17. The maximum absolute atomic E-state index is 12.4. The summed E-state index contributed by atoms with van der Waals surface area (Å²) in [7, 11) is 0. The highest BCUT2D eigenvalue weighted by Gasteiger charge is 2.44. The van der Waals surface area contributed by atoms with Crippen LogP contribution in [0.2, 0.25) is 0 Å². The van der Waals surface area contributed by atoms with E-state index < -0.39 is 24.7 Å². The third-order valence-electron chi connectivity index (χ3n) is 1.07. The Labute approximate surface area is 67.1 Å². The van der Waals surface area contributed by atoms with Crippen molar-refractivity contribution >= 4 is 5.97 Å². The van der Waals surface area contributed by atoms with Crippen molar-refractivity contribution in [2.24, 2.45) is 0 Å². The molecule has 0 aliphatic heterocycles. The van der Waals surface area contributed by atoms with E-state index in [2.05, 4.69) is 4.74 Å². The first-order valence-electron chi connectivity index (χ1n) is 3.23. The third-order valence-corrected chi connectivity index (χ3v) is 1.07. The fourth-order valence-corrected chi connectivity index (χ4v) is 0.464. The van der Waals surface area contributed by atoms with E-state index in [1.807, 2.05) is 0 Å². The molecule has 2 unspecified atom stereocenters. The molecule has 0 aliphatic rings. The molecule has 0 fully saturated rings. The van der Waals surface area contributed by atoms with E-state index in [9.17, 15) is 18.0 Å². The number of alkyl halides is 3. The number of hydrogen-bond acceptors (Lipinski definition) is 3. The van der Waals surface area contributed by atoms with Crippen LogP contribution in [0.4, 0.5) is 13.2 Å². The van der Waals surface area contributed by atoms with Crippen LogP contribution in [0.5, 0.6) is 0 Å². The van der Waals surface area contributed by atoms with Crippen LogP contribution in [-0.2, 0) is 9.53 Å². The third kappa shape index (κ3) is 2.69. The molecular formula is C6H9F3O3. The van der Waals surface area contributed by atoms with Gasteiger partial charge in [-0.05, 0) is 6.92 Å². The van der Waals surface area contributed by atoms with Gasteiger partial charge in [-0.3, -0.25) is 0 Å². The fourth-order valence-electron chi connectivity index (χ4n) is 0.464. The number of carbonyl (C=O) groups excluding carboxylic acids is 1. The van der Waals surface area contributed by atoms with Gasteiger partial charge < -0.3 is 9.84 Å². The first-order chi connectivity index (χ1) is 5.45. The van der Waals surface area contributed by atoms with Crippen molar-refractivity contribution in [2.75, 3.05) is 13.3 Å². The van der Waals surface area contributed by atoms with E-state index in [1.165, 1.54) is 6.92 Å². The topological polar surface area (TPSA) is 46.5 Å². The predicted molar refractivity (Wildman–Crippen MR) is 33.6 cm³/mol. The van der Waals surface area contributed by atoms with Crippen molar-refractivity contribution in [3.63, 3.8) is 0 Å². The summed E-state index contributed by atoms with van der Waals surface area (Å²) in [4.78, 5) is 10.4. The number of halogens is 3. The van der Waals surface area contributed by atoms with Gasteiger partial charge in [-0.25, -0.2) is 18.0 Å². The van der Waals surface area contributed by atoms with Gasteiger partial charge in [0.1, 0.15) is 0 Å². The van der Waals surface area contributed by atoms with Crippen molar-refractivity contribution in [3.8, 4) is 0 Å². The van der Waals surface area contributed by atoms with Gasteiger partial charge in [-0.2, -0.15) is 0 Å². The summed E-state index contributed by atoms with van der Waals surface area (Å²) < 4.78 is 40.3. The summed E-state index contributed by atoms with van der Waals surface area (Å²) >= 11 is 0. The van der Waals surface area contributed by atoms with Gasteiger partial charge in [-0.1, -0.05) is 0 Å². The Morgan fingerprint density at radius 2 is 2.25 bits per heavy atom. The molecule has 0 amide bonds. The molecule has 1 N–H and O–H groups in total. The number of aliphatic hydroxyl groups is 1. The van der Waals surface area contributed by atoms with Gasteiger partial charge in [0.05, 0.1) is 6.61 Å². The van der Waals surface area contributed by atoms with Crippen LogP contribution in [0.3, 0.4) is 0 Å². The average Bonchev–Trinajstić information content (AvgIpc) is 2.03. The Bertz CT molecular complexity index is 160. The standard InChI is InChI=1S/C6H9F3O3/c1-2-12-5(10)4(8)6(9,11)3-7/h4,11H,2-3H2,1H3. The second kappa shape index (κ2) is 4.30. The molecule has 0 aliphatic carbocycles. The summed E-state index contributed by atoms with van der Waals surface area (Å²) in [6.45, 7) is -0.786. The first kappa shape index (κ1) is 11.2. The van der Waals surface area contributed by atoms with Crippen LogP contribution in [0.15, 0.2) is 0 Å². The lowest BCUT2D eigenvalue weighted by atomic mass is 10.2. The fraction of sp³-hybridized carbons (Fsp3) is 0.833. The number of carbonyl (C=O) groups is 1. The van der Waals surface area contributed by atoms with Gasteiger partial charge in [0.15, 0.2) is 6.67 Å². The van der Waals surface area contributed by atoms with Crippen molar-refractivity contribution in [3.05, 3.63) is 0 Å². The van der Waals surface area contributed by atoms with E-state index in [1.54, 1.807) is 0 Å². The van der Waals surface area contributed by atoms with Crippen LogP contribution in [0, 0.1) is 0 Å². The minimum absolute atomic E-state index is 0.165. The quantitative estimate of drug-likeness (QED) is 0.651. The molecule has 0 saturated heterocycles. The average molecular weight is 186 g/mol. The number of ether oxygens (including phenoxy) is 1. The normalized spacial score (nSPS) is 18.1. The van der Waals surface area contributed by atoms with E-state index in [4.69, 9.17) is 5.11 Å². The van der Waals surface area contributed by atoms with Gasteiger partial charge in [0.25, 0.3) is 12.0 Å². The first-order valence-corrected chi connectivity index (χ1v) is 3.23. The summed E-state index contributed by atoms with van der Waals surface area (Å²) in [5.41, 5.74) is 0. The molecule has 0 aromatic carbocycles. The van der Waals surface area contributed by atoms with Crippen molar-refractivity contribution in [2.45, 2.75) is 19.0 Å². The Morgan fingerprint density at radius 3 is 2.58 bits per heavy atom. The zero-order chi connectivity index (χ0) is 9.78. The molecule has 72 valence electrons. The minimum Gasteiger partial charge on any atom is -0.464 e. The molecule has 0 aromatic heterocycles. The van der Waals surface area contributed by atoms with Crippen molar-refractivity contribution < 1.29 is 27.8 Å². The molecule has 0 radical (unpaired) electrons. The van der Waals surface area contributed by atoms with Crippen LogP contribution < -0.4 is 0 Å². The molecule has 0 bridgehead atoms. The molecule has 3 nitrogen and oxygen atoms in total. The Morgan fingerprint density at radius 1 is 1.75 bits per heavy atom. The highest BCUT2D eigenvalue weighted by Crippen LogP contribution is 2.17. The summed E-state index contributed by atoms with van der Waals surface area (Å²) in [5.74, 6) is -5.40. The monoisotopic (exact) mass is 186 g/mol. The number of esters is 1. The second-order valence-corrected chi connectivity index (χ2v) is 2.07. The summed E-state index contributed by atoms with van der Waals surface area (Å²) in [5, 5.41) is 8.27. The van der Waals surface area contributed by atoms with Crippen molar-refractivity contribution in [1.29, 1.82) is 0 Å². The zero-order valence-corrected chi connectivity index (χ0v) is 6.39. The van der Waals surface area contributed by atoms with Gasteiger partial charge >= 0.3 is 5.97 Å². The van der Waals surface area contributed by atoms with Crippen molar-refractivity contribution in [1.82, 2.24) is 0 Å². The molecule has 0 spiro atoms. The highest BCUT2D eigenvalue weighted by atomic mass is 19.2. The predicted octanol–water partition coefficient (Wildman–Crippen LogP) is 0.515.